The van der Waals surface area contributed by atoms with Gasteiger partial charge in [0.25, 0.3) is 0 Å². The normalized spacial score (nSPS) is 11.3. The first-order valence-corrected chi connectivity index (χ1v) is 9.08. The largest absolute Gasteiger partial charge is 0.496 e. The summed E-state index contributed by atoms with van der Waals surface area (Å²) >= 11 is 0. The summed E-state index contributed by atoms with van der Waals surface area (Å²) in [5.41, 5.74) is 0.0859. The number of ether oxygens (including phenoxy) is 3. The van der Waals surface area contributed by atoms with E-state index in [9.17, 15) is 18.0 Å². The molecule has 1 N–H and O–H groups in total. The molecule has 0 fully saturated rings. The van der Waals surface area contributed by atoms with Crippen molar-refractivity contribution in [1.29, 1.82) is 0 Å². The van der Waals surface area contributed by atoms with Gasteiger partial charge in [0.1, 0.15) is 5.75 Å². The van der Waals surface area contributed by atoms with E-state index in [0.29, 0.717) is 22.8 Å². The van der Waals surface area contributed by atoms with Gasteiger partial charge in [-0.15, -0.1) is 0 Å². The Kier molecular flexibility index (Phi) is 7.93. The van der Waals surface area contributed by atoms with Crippen LogP contribution in [0.5, 0.6) is 17.2 Å². The van der Waals surface area contributed by atoms with Crippen LogP contribution in [0.3, 0.4) is 0 Å². The molecule has 2 rings (SSSR count). The molecule has 2 aromatic rings. The van der Waals surface area contributed by atoms with Gasteiger partial charge in [-0.2, -0.15) is 13.2 Å². The van der Waals surface area contributed by atoms with E-state index in [1.54, 1.807) is 25.2 Å². The Morgan fingerprint density at radius 2 is 1.57 bits per heavy atom. The maximum absolute atomic E-state index is 13.1. The Labute approximate surface area is 173 Å². The quantitative estimate of drug-likeness (QED) is 0.665. The highest BCUT2D eigenvalue weighted by atomic mass is 19.4. The standard InChI is InChI=1S/C21H25F3N2O4/c1-26(12-14-7-5-6-8-16(14)21(22,23)24)13-20(27)25-11-15-9-18(29-3)19(30-4)10-17(15)28-2/h5-10H,11-13H2,1-4H3,(H,25,27). The van der Waals surface area contributed by atoms with Gasteiger partial charge in [0, 0.05) is 24.7 Å². The van der Waals surface area contributed by atoms with Crippen LogP contribution in [0.4, 0.5) is 13.2 Å². The van der Waals surface area contributed by atoms with Gasteiger partial charge in [-0.1, -0.05) is 18.2 Å². The summed E-state index contributed by atoms with van der Waals surface area (Å²) in [5.74, 6) is 1.16. The summed E-state index contributed by atoms with van der Waals surface area (Å²) in [5, 5.41) is 2.74. The third-order valence-corrected chi connectivity index (χ3v) is 4.44. The fraction of sp³-hybridized carbons (Fsp3) is 0.381. The van der Waals surface area contributed by atoms with Gasteiger partial charge in [0.05, 0.1) is 33.4 Å². The Morgan fingerprint density at radius 3 is 2.17 bits per heavy atom. The topological polar surface area (TPSA) is 60.0 Å². The van der Waals surface area contributed by atoms with Crippen molar-refractivity contribution in [1.82, 2.24) is 10.2 Å². The van der Waals surface area contributed by atoms with E-state index in [1.165, 1.54) is 38.4 Å². The van der Waals surface area contributed by atoms with Crippen LogP contribution in [0, 0.1) is 0 Å². The first-order chi connectivity index (χ1) is 14.2. The highest BCUT2D eigenvalue weighted by Crippen LogP contribution is 2.34. The van der Waals surface area contributed by atoms with Crippen LogP contribution in [0.2, 0.25) is 0 Å². The number of alkyl halides is 3. The fourth-order valence-corrected chi connectivity index (χ4v) is 3.01. The average Bonchev–Trinajstić information content (AvgIpc) is 2.70. The van der Waals surface area contributed by atoms with Crippen LogP contribution in [-0.2, 0) is 24.1 Å². The third-order valence-electron chi connectivity index (χ3n) is 4.44. The molecule has 0 atom stereocenters. The van der Waals surface area contributed by atoms with E-state index < -0.39 is 11.7 Å². The highest BCUT2D eigenvalue weighted by molar-refractivity contribution is 5.78. The molecule has 0 aromatic heterocycles. The first kappa shape index (κ1) is 23.3. The minimum atomic E-state index is -4.44. The number of likely N-dealkylation sites (N-methyl/N-ethyl adjacent to an activating group) is 1. The summed E-state index contributed by atoms with van der Waals surface area (Å²) in [6.07, 6.45) is -4.44. The highest BCUT2D eigenvalue weighted by Gasteiger charge is 2.33. The minimum Gasteiger partial charge on any atom is -0.496 e. The maximum atomic E-state index is 13.1. The molecule has 0 radical (unpaired) electrons. The number of carbonyl (C=O) groups excluding carboxylic acids is 1. The van der Waals surface area contributed by atoms with Crippen LogP contribution in [0.25, 0.3) is 0 Å². The second kappa shape index (κ2) is 10.2. The van der Waals surface area contributed by atoms with E-state index in [0.717, 1.165) is 6.07 Å². The second-order valence-electron chi connectivity index (χ2n) is 6.62. The Morgan fingerprint density at radius 1 is 0.967 bits per heavy atom. The zero-order valence-electron chi connectivity index (χ0n) is 17.3. The number of hydrogen-bond acceptors (Lipinski definition) is 5. The molecule has 0 aliphatic rings. The summed E-state index contributed by atoms with van der Waals surface area (Å²) in [6, 6.07) is 8.68. The molecular weight excluding hydrogens is 401 g/mol. The molecule has 30 heavy (non-hydrogen) atoms. The summed E-state index contributed by atoms with van der Waals surface area (Å²) in [6.45, 7) is 0.0833. The van der Waals surface area contributed by atoms with Crippen LogP contribution in [0.1, 0.15) is 16.7 Å². The number of nitrogens with zero attached hydrogens (tertiary/aromatic N) is 1. The zero-order valence-corrected chi connectivity index (χ0v) is 17.3. The van der Waals surface area contributed by atoms with E-state index >= 15 is 0 Å². The number of benzene rings is 2. The van der Waals surface area contributed by atoms with Crippen LogP contribution < -0.4 is 19.5 Å². The number of hydrogen-bond donors (Lipinski definition) is 1. The van der Waals surface area contributed by atoms with Crippen molar-refractivity contribution in [3.05, 3.63) is 53.1 Å². The molecule has 6 nitrogen and oxygen atoms in total. The lowest BCUT2D eigenvalue weighted by Gasteiger charge is -2.20. The van der Waals surface area contributed by atoms with Gasteiger partial charge in [-0.05, 0) is 24.7 Å². The van der Waals surface area contributed by atoms with Crippen molar-refractivity contribution in [2.45, 2.75) is 19.3 Å². The van der Waals surface area contributed by atoms with Gasteiger partial charge in [0.15, 0.2) is 11.5 Å². The van der Waals surface area contributed by atoms with E-state index in [1.807, 2.05) is 0 Å². The first-order valence-electron chi connectivity index (χ1n) is 9.08. The second-order valence-corrected chi connectivity index (χ2v) is 6.62. The fourth-order valence-electron chi connectivity index (χ4n) is 3.01. The van der Waals surface area contributed by atoms with E-state index in [4.69, 9.17) is 14.2 Å². The van der Waals surface area contributed by atoms with E-state index in [2.05, 4.69) is 5.32 Å². The molecular formula is C21H25F3N2O4. The van der Waals surface area contributed by atoms with Crippen molar-refractivity contribution in [3.63, 3.8) is 0 Å². The molecule has 2 aromatic carbocycles. The number of nitrogens with one attached hydrogen (secondary N) is 1. The van der Waals surface area contributed by atoms with E-state index in [-0.39, 0.29) is 31.1 Å². The number of rotatable bonds is 9. The molecule has 0 heterocycles. The number of carbonyl (C=O) groups is 1. The molecule has 1 amide bonds. The SMILES string of the molecule is COc1cc(OC)c(OC)cc1CNC(=O)CN(C)Cc1ccccc1C(F)(F)F. The number of methoxy groups -OCH3 is 3. The number of amides is 1. The molecule has 164 valence electrons. The maximum Gasteiger partial charge on any atom is 0.416 e. The lowest BCUT2D eigenvalue weighted by Crippen LogP contribution is -2.35. The Hall–Kier alpha value is -2.94. The summed E-state index contributed by atoms with van der Waals surface area (Å²) in [4.78, 5) is 13.8. The van der Waals surface area contributed by atoms with Gasteiger partial charge in [-0.3, -0.25) is 9.69 Å². The van der Waals surface area contributed by atoms with Crippen LogP contribution >= 0.6 is 0 Å². The predicted molar refractivity (Wildman–Crippen MR) is 106 cm³/mol. The molecule has 0 spiro atoms. The molecule has 0 saturated carbocycles. The third kappa shape index (κ3) is 6.03. The van der Waals surface area contributed by atoms with Crippen molar-refractivity contribution in [2.75, 3.05) is 34.9 Å². The van der Waals surface area contributed by atoms with Gasteiger partial charge in [0.2, 0.25) is 5.91 Å². The summed E-state index contributed by atoms with van der Waals surface area (Å²) in [7, 11) is 6.09. The molecule has 0 saturated heterocycles. The molecule has 0 aliphatic heterocycles. The monoisotopic (exact) mass is 426 g/mol. The average molecular weight is 426 g/mol. The molecule has 0 aliphatic carbocycles. The van der Waals surface area contributed by atoms with Crippen molar-refractivity contribution >= 4 is 5.91 Å². The minimum absolute atomic E-state index is 0.0111. The van der Waals surface area contributed by atoms with Crippen molar-refractivity contribution in [3.8, 4) is 17.2 Å². The van der Waals surface area contributed by atoms with Gasteiger partial charge < -0.3 is 19.5 Å². The predicted octanol–water partition coefficient (Wildman–Crippen LogP) is 3.48. The molecule has 9 heteroatoms. The molecule has 0 unspecified atom stereocenters. The van der Waals surface area contributed by atoms with Gasteiger partial charge in [-0.25, -0.2) is 0 Å². The summed E-state index contributed by atoms with van der Waals surface area (Å²) < 4.78 is 55.2. The van der Waals surface area contributed by atoms with Crippen molar-refractivity contribution in [2.24, 2.45) is 0 Å². The van der Waals surface area contributed by atoms with Crippen LogP contribution in [-0.4, -0.2) is 45.7 Å². The zero-order chi connectivity index (χ0) is 22.3. The number of halogens is 3. The lowest BCUT2D eigenvalue weighted by atomic mass is 10.1. The molecule has 0 bridgehead atoms. The van der Waals surface area contributed by atoms with Gasteiger partial charge >= 0.3 is 6.18 Å². The lowest BCUT2D eigenvalue weighted by molar-refractivity contribution is -0.138. The smallest absolute Gasteiger partial charge is 0.416 e. The Bertz CT molecular complexity index is 872. The Balaban J connectivity index is 2.00. The van der Waals surface area contributed by atoms with Crippen LogP contribution in [0.15, 0.2) is 36.4 Å². The van der Waals surface area contributed by atoms with Crippen molar-refractivity contribution < 1.29 is 32.2 Å².